The molecule has 72 heavy (non-hydrogen) atoms. The number of hydrogen-bond donors (Lipinski definition) is 2. The molecule has 2 aliphatic heterocycles. The molecule has 2 aliphatic rings. The van der Waals surface area contributed by atoms with Crippen LogP contribution < -0.4 is 35.6 Å². The summed E-state index contributed by atoms with van der Waals surface area (Å²) in [4.78, 5) is 51.0. The maximum atomic E-state index is 12.5. The minimum Gasteiger partial charge on any atom is -0.489 e. The van der Waals surface area contributed by atoms with E-state index in [9.17, 15) is 14.4 Å². The van der Waals surface area contributed by atoms with E-state index in [0.29, 0.717) is 58.9 Å². The van der Waals surface area contributed by atoms with Gasteiger partial charge in [-0.1, -0.05) is 89.6 Å². The van der Waals surface area contributed by atoms with Crippen LogP contribution in [0.3, 0.4) is 0 Å². The lowest BCUT2D eigenvalue weighted by Gasteiger charge is -2.35. The Morgan fingerprint density at radius 1 is 1.00 bits per heavy atom. The maximum Gasteiger partial charge on any atom is 0.350 e. The lowest BCUT2D eigenvalue weighted by atomic mass is 10.0. The number of amides is 2. The Morgan fingerprint density at radius 2 is 1.71 bits per heavy atom. The van der Waals surface area contributed by atoms with Crippen molar-refractivity contribution in [2.45, 2.75) is 110 Å². The van der Waals surface area contributed by atoms with Crippen molar-refractivity contribution in [2.75, 3.05) is 59.8 Å². The number of aryl methyl sites for hydroxylation is 3. The summed E-state index contributed by atoms with van der Waals surface area (Å²) in [5.41, 5.74) is 4.06. The average Bonchev–Trinajstić information content (AvgIpc) is 3.67. The van der Waals surface area contributed by atoms with Gasteiger partial charge in [0.2, 0.25) is 23.1 Å². The van der Waals surface area contributed by atoms with Gasteiger partial charge in [-0.25, -0.2) is 4.79 Å². The number of fused-ring (bicyclic) bond motifs is 2. The quantitative estimate of drug-likeness (QED) is 0.0846. The smallest absolute Gasteiger partial charge is 0.350 e. The van der Waals surface area contributed by atoms with Crippen LogP contribution in [0.15, 0.2) is 59.4 Å². The fourth-order valence-corrected chi connectivity index (χ4v) is 8.53. The van der Waals surface area contributed by atoms with Gasteiger partial charge < -0.3 is 34.6 Å². The Morgan fingerprint density at radius 3 is 2.33 bits per heavy atom. The average molecular weight is 1110 g/mol. The third-order valence-electron chi connectivity index (χ3n) is 10.6. The van der Waals surface area contributed by atoms with E-state index in [1.807, 2.05) is 84.9 Å². The molecule has 16 nitrogen and oxygen atoms in total. The molecule has 0 saturated heterocycles. The number of aromatic nitrogens is 6. The second-order valence-electron chi connectivity index (χ2n) is 17.4. The summed E-state index contributed by atoms with van der Waals surface area (Å²) in [6.45, 7) is 18.4. The van der Waals surface area contributed by atoms with Crippen LogP contribution in [0.4, 0.5) is 23.3 Å². The van der Waals surface area contributed by atoms with Gasteiger partial charge in [-0.3, -0.25) is 14.2 Å². The molecule has 2 N–H and O–H groups in total. The number of nitrogens with one attached hydrogen (secondary N) is 2. The van der Waals surface area contributed by atoms with Crippen LogP contribution >= 0.6 is 69.6 Å². The Bertz CT molecular complexity index is 2710. The summed E-state index contributed by atoms with van der Waals surface area (Å²) < 4.78 is 19.0. The highest BCUT2D eigenvalue weighted by molar-refractivity contribution is 6.54. The fourth-order valence-electron chi connectivity index (χ4n) is 7.51. The number of benzene rings is 3. The van der Waals surface area contributed by atoms with Crippen LogP contribution in [0.25, 0.3) is 5.69 Å². The molecule has 0 spiro atoms. The molecule has 2 unspecified atom stereocenters. The first kappa shape index (κ1) is 59.6. The van der Waals surface area contributed by atoms with E-state index in [0.717, 1.165) is 60.6 Å². The molecular formula is C50H62Cl6N10O6. The summed E-state index contributed by atoms with van der Waals surface area (Å²) in [6.07, 6.45) is 8.85. The van der Waals surface area contributed by atoms with E-state index in [4.69, 9.17) is 90.2 Å². The monoisotopic (exact) mass is 1110 g/mol. The second-order valence-corrected chi connectivity index (χ2v) is 19.9. The van der Waals surface area contributed by atoms with E-state index >= 15 is 0 Å². The number of para-hydroxylation sites is 3. The molecule has 2 atom stereocenters. The number of ether oxygens (including phenoxy) is 3. The molecule has 22 heteroatoms. The number of rotatable bonds is 13. The van der Waals surface area contributed by atoms with E-state index < -0.39 is 4.84 Å². The van der Waals surface area contributed by atoms with Crippen LogP contribution in [-0.4, -0.2) is 103 Å². The van der Waals surface area contributed by atoms with E-state index in [1.54, 1.807) is 27.5 Å². The third-order valence-corrected chi connectivity index (χ3v) is 12.0. The standard InChI is InChI=1S/C15H13Cl2N3O2.C15H22ClNO2.C11H11Cl2NO2.C9H16ClN5/c1-2-7-22-13-9-12(10(16)8-11(13)17)20-15(21)19-6-4-3-5-14(19)18-20;1-5-13-8-6-7-11(2)15(13)17(14(18)9-16)12(3)10-19-4;1-7-6-16-9-5-3-2-4-8(9)14(7)11(15)10(12)13;1-5-11-7-12-6(10)13-8(14-7)15-9(2,3)4/h1,8-9H,3-7H2;6-8,12H,5,9-10H2,1-4H3;2-5,7,10H,6H2,1H3;5H2,1-4H3,(H2,11,12,13,14,15). The van der Waals surface area contributed by atoms with Gasteiger partial charge in [-0.05, 0) is 109 Å². The van der Waals surface area contributed by atoms with Crippen molar-refractivity contribution in [3.63, 3.8) is 0 Å². The van der Waals surface area contributed by atoms with Crippen molar-refractivity contribution in [2.24, 2.45) is 0 Å². The van der Waals surface area contributed by atoms with Gasteiger partial charge >= 0.3 is 5.69 Å². The molecule has 0 saturated carbocycles. The molecule has 2 amide bonds. The maximum absolute atomic E-state index is 12.5. The SMILES string of the molecule is C#CCOc1cc(-n2nc3n(c2=O)CCCC3)c(Cl)cc1Cl.CC1COc2ccccc2N1C(=O)C(Cl)Cl.CCNc1nc(Cl)nc(NC(C)(C)C)n1.CCc1cccc(C)c1N(C(=O)CCl)C(C)COC. The van der Waals surface area contributed by atoms with Crippen molar-refractivity contribution in [1.29, 1.82) is 0 Å². The number of anilines is 4. The van der Waals surface area contributed by atoms with Crippen LogP contribution in [0.5, 0.6) is 11.5 Å². The van der Waals surface area contributed by atoms with E-state index in [1.165, 1.54) is 10.7 Å². The first-order chi connectivity index (χ1) is 34.2. The zero-order valence-electron chi connectivity index (χ0n) is 41.9. The molecule has 390 valence electrons. The number of carbonyl (C=O) groups is 2. The van der Waals surface area contributed by atoms with Gasteiger partial charge in [0.1, 0.15) is 36.4 Å². The largest absolute Gasteiger partial charge is 0.489 e. The normalized spacial score (nSPS) is 14.0. The molecule has 2 aromatic heterocycles. The highest BCUT2D eigenvalue weighted by Crippen LogP contribution is 2.35. The van der Waals surface area contributed by atoms with Crippen molar-refractivity contribution in [3.05, 3.63) is 97.4 Å². The second kappa shape index (κ2) is 28.5. The number of halogens is 6. The molecule has 0 fully saturated rings. The Hall–Kier alpha value is -4.99. The van der Waals surface area contributed by atoms with Gasteiger partial charge in [0.25, 0.3) is 5.91 Å². The topological polar surface area (TPSA) is 171 Å². The zero-order chi connectivity index (χ0) is 53.3. The summed E-state index contributed by atoms with van der Waals surface area (Å²) >= 11 is 35.1. The van der Waals surface area contributed by atoms with Gasteiger partial charge in [-0.2, -0.15) is 19.6 Å². The molecule has 4 heterocycles. The number of hydrogen-bond acceptors (Lipinski definition) is 12. The van der Waals surface area contributed by atoms with Gasteiger partial charge in [0.05, 0.1) is 45.8 Å². The zero-order valence-corrected chi connectivity index (χ0v) is 46.4. The summed E-state index contributed by atoms with van der Waals surface area (Å²) in [5, 5.41) is 11.3. The molecule has 3 aromatic carbocycles. The number of alkyl halides is 3. The molecular weight excluding hydrogens is 1050 g/mol. The summed E-state index contributed by atoms with van der Waals surface area (Å²) in [5.74, 6) is 4.74. The first-order valence-corrected chi connectivity index (χ1v) is 25.7. The van der Waals surface area contributed by atoms with Crippen molar-refractivity contribution < 1.29 is 23.8 Å². The minimum atomic E-state index is -1.05. The van der Waals surface area contributed by atoms with Crippen molar-refractivity contribution >= 4 is 105 Å². The molecule has 7 rings (SSSR count). The van der Waals surface area contributed by atoms with Gasteiger partial charge in [0, 0.05) is 38.2 Å². The number of carbonyl (C=O) groups excluding carboxylic acids is 2. The Labute approximate surface area is 451 Å². The Kier molecular flexibility index (Phi) is 23.5. The summed E-state index contributed by atoms with van der Waals surface area (Å²) in [6, 6.07) is 16.4. The number of nitrogens with zero attached hydrogens (tertiary/aromatic N) is 8. The van der Waals surface area contributed by atoms with E-state index in [2.05, 4.69) is 49.6 Å². The number of methoxy groups -OCH3 is 1. The highest BCUT2D eigenvalue weighted by Gasteiger charge is 2.32. The van der Waals surface area contributed by atoms with Crippen LogP contribution in [0, 0.1) is 19.3 Å². The van der Waals surface area contributed by atoms with Gasteiger partial charge in [-0.15, -0.1) is 23.1 Å². The van der Waals surface area contributed by atoms with Crippen LogP contribution in [-0.2, 0) is 33.7 Å². The molecule has 0 bridgehead atoms. The fraction of sp³-hybridized carbons (Fsp3) is 0.460. The number of terminal acetylenes is 1. The van der Waals surface area contributed by atoms with Crippen LogP contribution in [0.1, 0.15) is 78.3 Å². The van der Waals surface area contributed by atoms with Gasteiger partial charge in [0.15, 0.2) is 4.84 Å². The molecule has 0 radical (unpaired) electrons. The summed E-state index contributed by atoms with van der Waals surface area (Å²) in [7, 11) is 1.64. The molecule has 5 aromatic rings. The molecule has 0 aliphatic carbocycles. The lowest BCUT2D eigenvalue weighted by molar-refractivity contribution is -0.118. The van der Waals surface area contributed by atoms with Crippen molar-refractivity contribution in [3.8, 4) is 29.5 Å². The first-order valence-electron chi connectivity index (χ1n) is 23.2. The van der Waals surface area contributed by atoms with Crippen LogP contribution in [0.2, 0.25) is 15.3 Å². The van der Waals surface area contributed by atoms with E-state index in [-0.39, 0.29) is 52.9 Å². The predicted octanol–water partition coefficient (Wildman–Crippen LogP) is 10.6. The highest BCUT2D eigenvalue weighted by atomic mass is 35.5. The lowest BCUT2D eigenvalue weighted by Crippen LogP contribution is -2.47. The third kappa shape index (κ3) is 16.5. The Balaban J connectivity index is 0.000000211. The minimum absolute atomic E-state index is 0.0223. The van der Waals surface area contributed by atoms with Crippen molar-refractivity contribution in [1.82, 2.24) is 29.3 Å². The predicted molar refractivity (Wildman–Crippen MR) is 292 cm³/mol.